The maximum Gasteiger partial charge on any atom is 0.230 e. The van der Waals surface area contributed by atoms with Gasteiger partial charge in [0, 0.05) is 23.4 Å². The summed E-state index contributed by atoms with van der Waals surface area (Å²) in [4.78, 5) is 11.9. The molecule has 0 radical (unpaired) electrons. The molecule has 7 heteroatoms. The predicted molar refractivity (Wildman–Crippen MR) is 88.0 cm³/mol. The van der Waals surface area contributed by atoms with Gasteiger partial charge in [-0.25, -0.2) is 0 Å². The van der Waals surface area contributed by atoms with Gasteiger partial charge in [0.15, 0.2) is 0 Å². The molecule has 1 amide bonds. The van der Waals surface area contributed by atoms with Crippen molar-refractivity contribution in [2.45, 2.75) is 51.4 Å². The second-order valence-corrected chi connectivity index (χ2v) is 6.43. The van der Waals surface area contributed by atoms with Gasteiger partial charge in [-0.15, -0.1) is 24.2 Å². The number of hydrogen-bond donors (Lipinski definition) is 2. The Balaban J connectivity index is 0.00000220. The highest BCUT2D eigenvalue weighted by atomic mass is 35.5. The van der Waals surface area contributed by atoms with Crippen LogP contribution in [0, 0.1) is 13.8 Å². The van der Waals surface area contributed by atoms with Crippen LogP contribution in [-0.2, 0) is 10.5 Å². The van der Waals surface area contributed by atoms with E-state index in [2.05, 4.69) is 22.7 Å². The van der Waals surface area contributed by atoms with Crippen molar-refractivity contribution in [1.29, 1.82) is 0 Å². The lowest BCUT2D eigenvalue weighted by molar-refractivity contribution is -0.119. The molecule has 1 aliphatic rings. The molecular weight excluding hydrogens is 310 g/mol. The molecule has 0 bridgehead atoms. The van der Waals surface area contributed by atoms with Gasteiger partial charge in [0.1, 0.15) is 5.76 Å². The lowest BCUT2D eigenvalue weighted by atomic mass is 10.0. The third-order valence-corrected chi connectivity index (χ3v) is 4.61. The molecule has 0 saturated carbocycles. The lowest BCUT2D eigenvalue weighted by Gasteiger charge is -2.28. The van der Waals surface area contributed by atoms with Crippen LogP contribution >= 0.6 is 24.2 Å². The fourth-order valence-corrected chi connectivity index (χ4v) is 3.47. The van der Waals surface area contributed by atoms with Crippen LogP contribution in [0.1, 0.15) is 36.8 Å². The smallest absolute Gasteiger partial charge is 0.230 e. The minimum absolute atomic E-state index is 0. The Morgan fingerprint density at radius 2 is 2.29 bits per heavy atom. The zero-order valence-electron chi connectivity index (χ0n) is 12.8. The van der Waals surface area contributed by atoms with E-state index in [-0.39, 0.29) is 18.3 Å². The Morgan fingerprint density at radius 3 is 2.90 bits per heavy atom. The van der Waals surface area contributed by atoms with Crippen LogP contribution in [0.25, 0.3) is 0 Å². The third-order valence-electron chi connectivity index (χ3n) is 3.65. The Bertz CT molecular complexity index is 448. The van der Waals surface area contributed by atoms with Crippen molar-refractivity contribution < 1.29 is 9.32 Å². The van der Waals surface area contributed by atoms with E-state index in [4.69, 9.17) is 4.52 Å². The van der Waals surface area contributed by atoms with Crippen LogP contribution in [0.4, 0.5) is 0 Å². The van der Waals surface area contributed by atoms with E-state index in [0.717, 1.165) is 42.2 Å². The number of aromatic nitrogens is 1. The number of nitrogens with zero attached hydrogens (tertiary/aromatic N) is 1. The fourth-order valence-electron chi connectivity index (χ4n) is 2.49. The number of hydrogen-bond acceptors (Lipinski definition) is 5. The zero-order chi connectivity index (χ0) is 14.5. The first kappa shape index (κ1) is 18.3. The highest BCUT2D eigenvalue weighted by Gasteiger charge is 2.19. The summed E-state index contributed by atoms with van der Waals surface area (Å²) in [6.45, 7) is 6.98. The van der Waals surface area contributed by atoms with Crippen LogP contribution in [0.3, 0.4) is 0 Å². The Kier molecular flexibility index (Phi) is 7.56. The van der Waals surface area contributed by atoms with Gasteiger partial charge in [0.2, 0.25) is 5.91 Å². The number of nitrogens with one attached hydrogen (secondary N) is 2. The predicted octanol–water partition coefficient (Wildman–Crippen LogP) is 2.20. The van der Waals surface area contributed by atoms with E-state index in [1.165, 1.54) is 0 Å². The Hall–Kier alpha value is -0.720. The fraction of sp³-hybridized carbons (Fsp3) is 0.714. The molecule has 2 atom stereocenters. The molecule has 0 aliphatic carbocycles. The van der Waals surface area contributed by atoms with E-state index in [0.29, 0.717) is 17.8 Å². The second-order valence-electron chi connectivity index (χ2n) is 5.44. The van der Waals surface area contributed by atoms with Gasteiger partial charge in [0.05, 0.1) is 11.4 Å². The SMILES string of the molecule is Cc1noc(C)c1CSCC(=O)NC1CCNC(C)C1.Cl. The highest BCUT2D eigenvalue weighted by molar-refractivity contribution is 7.99. The van der Waals surface area contributed by atoms with E-state index in [1.54, 1.807) is 11.8 Å². The number of thioether (sulfide) groups is 1. The van der Waals surface area contributed by atoms with Crippen molar-refractivity contribution in [2.24, 2.45) is 0 Å². The largest absolute Gasteiger partial charge is 0.361 e. The van der Waals surface area contributed by atoms with Crippen LogP contribution in [-0.4, -0.2) is 35.4 Å². The number of carbonyl (C=O) groups excluding carboxylic acids is 1. The van der Waals surface area contributed by atoms with E-state index >= 15 is 0 Å². The van der Waals surface area contributed by atoms with Crippen LogP contribution in [0.15, 0.2) is 4.52 Å². The van der Waals surface area contributed by atoms with E-state index in [9.17, 15) is 4.79 Å². The van der Waals surface area contributed by atoms with Crippen LogP contribution in [0.5, 0.6) is 0 Å². The number of aryl methyl sites for hydroxylation is 2. The summed E-state index contributed by atoms with van der Waals surface area (Å²) in [7, 11) is 0. The quantitative estimate of drug-likeness (QED) is 0.864. The van der Waals surface area contributed by atoms with Crippen molar-refractivity contribution in [2.75, 3.05) is 12.3 Å². The first-order chi connectivity index (χ1) is 9.56. The molecule has 0 aromatic carbocycles. The summed E-state index contributed by atoms with van der Waals surface area (Å²) >= 11 is 1.61. The van der Waals surface area contributed by atoms with Gasteiger partial charge >= 0.3 is 0 Å². The molecule has 1 saturated heterocycles. The maximum absolute atomic E-state index is 11.9. The van der Waals surface area contributed by atoms with Gasteiger partial charge < -0.3 is 15.2 Å². The molecule has 2 N–H and O–H groups in total. The average Bonchev–Trinajstić information content (AvgIpc) is 2.70. The van der Waals surface area contributed by atoms with Crippen LogP contribution < -0.4 is 10.6 Å². The molecule has 2 unspecified atom stereocenters. The molecule has 21 heavy (non-hydrogen) atoms. The summed E-state index contributed by atoms with van der Waals surface area (Å²) in [5.41, 5.74) is 2.03. The molecule has 2 rings (SSSR count). The average molecular weight is 334 g/mol. The summed E-state index contributed by atoms with van der Waals surface area (Å²) in [5, 5.41) is 10.4. The minimum Gasteiger partial charge on any atom is -0.361 e. The second kappa shape index (κ2) is 8.66. The van der Waals surface area contributed by atoms with Gasteiger partial charge in [-0.05, 0) is 40.2 Å². The maximum atomic E-state index is 11.9. The number of halogens is 1. The van der Waals surface area contributed by atoms with Crippen molar-refractivity contribution >= 4 is 30.1 Å². The summed E-state index contributed by atoms with van der Waals surface area (Å²) in [6.07, 6.45) is 2.03. The van der Waals surface area contributed by atoms with Crippen LogP contribution in [0.2, 0.25) is 0 Å². The number of amides is 1. The molecule has 1 aliphatic heterocycles. The van der Waals surface area contributed by atoms with Crippen molar-refractivity contribution in [3.63, 3.8) is 0 Å². The molecule has 1 aromatic heterocycles. The molecule has 120 valence electrons. The number of piperidine rings is 1. The Morgan fingerprint density at radius 1 is 1.52 bits per heavy atom. The molecule has 1 fully saturated rings. The topological polar surface area (TPSA) is 67.2 Å². The lowest BCUT2D eigenvalue weighted by Crippen LogP contribution is -2.47. The first-order valence-corrected chi connectivity index (χ1v) is 8.24. The van der Waals surface area contributed by atoms with Gasteiger partial charge in [-0.2, -0.15) is 0 Å². The normalized spacial score (nSPS) is 21.7. The first-order valence-electron chi connectivity index (χ1n) is 7.08. The minimum atomic E-state index is 0. The van der Waals surface area contributed by atoms with Crippen molar-refractivity contribution in [3.8, 4) is 0 Å². The molecule has 5 nitrogen and oxygen atoms in total. The monoisotopic (exact) mass is 333 g/mol. The number of rotatable bonds is 5. The van der Waals surface area contributed by atoms with Gasteiger partial charge in [-0.3, -0.25) is 4.79 Å². The van der Waals surface area contributed by atoms with Gasteiger partial charge in [0.25, 0.3) is 0 Å². The summed E-state index contributed by atoms with van der Waals surface area (Å²) in [6, 6.07) is 0.808. The molecule has 2 heterocycles. The molecule has 0 spiro atoms. The zero-order valence-corrected chi connectivity index (χ0v) is 14.4. The third kappa shape index (κ3) is 5.52. The molecule has 1 aromatic rings. The Labute approximate surface area is 136 Å². The van der Waals surface area contributed by atoms with E-state index in [1.807, 2.05) is 13.8 Å². The standard InChI is InChI=1S/C14H23N3O2S.ClH/c1-9-6-12(4-5-15-9)16-14(18)8-20-7-13-10(2)17-19-11(13)3;/h9,12,15H,4-8H2,1-3H3,(H,16,18);1H. The van der Waals surface area contributed by atoms with E-state index < -0.39 is 0 Å². The van der Waals surface area contributed by atoms with Crippen molar-refractivity contribution in [1.82, 2.24) is 15.8 Å². The summed E-state index contributed by atoms with van der Waals surface area (Å²) in [5.74, 6) is 2.24. The van der Waals surface area contributed by atoms with Crippen molar-refractivity contribution in [3.05, 3.63) is 17.0 Å². The highest BCUT2D eigenvalue weighted by Crippen LogP contribution is 2.19. The summed E-state index contributed by atoms with van der Waals surface area (Å²) < 4.78 is 5.12. The number of carbonyl (C=O) groups is 1. The van der Waals surface area contributed by atoms with Gasteiger partial charge in [-0.1, -0.05) is 5.16 Å². The molecular formula is C14H24ClN3O2S.